The molecular weight excluding hydrogens is 394 g/mol. The van der Waals surface area contributed by atoms with Crippen molar-refractivity contribution in [2.24, 2.45) is 0 Å². The molecule has 150 valence electrons. The number of rotatable bonds is 6. The zero-order valence-electron chi connectivity index (χ0n) is 16.0. The summed E-state index contributed by atoms with van der Waals surface area (Å²) in [5, 5.41) is 12.7. The van der Waals surface area contributed by atoms with E-state index in [9.17, 15) is 4.79 Å². The molecule has 4 rings (SSSR count). The average Bonchev–Trinajstić information content (AvgIpc) is 3.29. The van der Waals surface area contributed by atoms with Crippen LogP contribution in [0.1, 0.15) is 23.8 Å². The number of nitrogen functional groups attached to an aromatic ring is 1. The predicted octanol–water partition coefficient (Wildman–Crippen LogP) is 2.53. The van der Waals surface area contributed by atoms with Gasteiger partial charge in [0.25, 0.3) is 5.91 Å². The highest BCUT2D eigenvalue weighted by molar-refractivity contribution is 6.29. The van der Waals surface area contributed by atoms with Gasteiger partial charge in [-0.1, -0.05) is 11.6 Å². The van der Waals surface area contributed by atoms with Gasteiger partial charge in [-0.05, 0) is 37.6 Å². The number of methoxy groups -OCH3 is 1. The Morgan fingerprint density at radius 2 is 2.17 bits per heavy atom. The number of aryl methyl sites for hydroxylation is 1. The lowest BCUT2D eigenvalue weighted by Gasteiger charge is -2.14. The highest BCUT2D eigenvalue weighted by Crippen LogP contribution is 2.27. The zero-order chi connectivity index (χ0) is 20.5. The van der Waals surface area contributed by atoms with Crippen LogP contribution in [0.5, 0.6) is 5.75 Å². The fourth-order valence-corrected chi connectivity index (χ4v) is 3.31. The highest BCUT2D eigenvalue weighted by atomic mass is 35.5. The fourth-order valence-electron chi connectivity index (χ4n) is 3.17. The van der Waals surface area contributed by atoms with Gasteiger partial charge in [-0.2, -0.15) is 10.2 Å². The average molecular weight is 414 g/mol. The van der Waals surface area contributed by atoms with Gasteiger partial charge in [0.15, 0.2) is 11.3 Å². The number of imidazole rings is 1. The van der Waals surface area contributed by atoms with E-state index in [4.69, 9.17) is 22.1 Å². The monoisotopic (exact) mass is 413 g/mol. The molecule has 3 aromatic heterocycles. The Morgan fingerprint density at radius 1 is 1.34 bits per heavy atom. The van der Waals surface area contributed by atoms with Crippen molar-refractivity contribution in [2.45, 2.75) is 25.9 Å². The molecule has 0 aliphatic carbocycles. The second-order valence-corrected chi connectivity index (χ2v) is 7.14. The second kappa shape index (κ2) is 7.59. The number of anilines is 1. The van der Waals surface area contributed by atoms with E-state index in [0.29, 0.717) is 40.9 Å². The van der Waals surface area contributed by atoms with E-state index in [1.807, 2.05) is 23.7 Å². The van der Waals surface area contributed by atoms with Gasteiger partial charge in [0, 0.05) is 18.0 Å². The Labute approximate surface area is 171 Å². The van der Waals surface area contributed by atoms with Gasteiger partial charge in [0.2, 0.25) is 0 Å². The van der Waals surface area contributed by atoms with Crippen molar-refractivity contribution in [2.75, 3.05) is 12.8 Å². The normalized spacial score (nSPS) is 12.4. The van der Waals surface area contributed by atoms with Crippen LogP contribution in [0.3, 0.4) is 0 Å². The number of nitrogens with zero attached hydrogens (tertiary/aromatic N) is 5. The summed E-state index contributed by atoms with van der Waals surface area (Å²) in [7, 11) is 1.58. The zero-order valence-corrected chi connectivity index (χ0v) is 16.7. The number of nitrogens with one attached hydrogen (secondary N) is 1. The third-order valence-corrected chi connectivity index (χ3v) is 4.91. The first-order chi connectivity index (χ1) is 14.0. The molecular formula is C19H20ClN7O2. The van der Waals surface area contributed by atoms with Crippen LogP contribution in [0.2, 0.25) is 5.15 Å². The van der Waals surface area contributed by atoms with Crippen LogP contribution < -0.4 is 15.8 Å². The minimum Gasteiger partial charge on any atom is -0.495 e. The summed E-state index contributed by atoms with van der Waals surface area (Å²) in [6.07, 6.45) is 3.94. The van der Waals surface area contributed by atoms with Crippen molar-refractivity contribution in [3.05, 3.63) is 47.5 Å². The second-order valence-electron chi connectivity index (χ2n) is 6.75. The first-order valence-corrected chi connectivity index (χ1v) is 9.44. The number of fused-ring (bicyclic) bond motifs is 2. The lowest BCUT2D eigenvalue weighted by Crippen LogP contribution is -2.34. The van der Waals surface area contributed by atoms with E-state index in [0.717, 1.165) is 10.9 Å². The standard InChI is InChI=1S/C19H20ClN7O2/c1-11(24-19(28)15-10-22-18-4-3-17(20)25-27(15)18)5-6-26-14-8-13(21)16(29-2)7-12(14)9-23-26/h3-4,7-11H,5-6,21H2,1-2H3,(H,24,28). The summed E-state index contributed by atoms with van der Waals surface area (Å²) in [5.74, 6) is 0.360. The third kappa shape index (κ3) is 3.68. The minimum absolute atomic E-state index is 0.0953. The third-order valence-electron chi connectivity index (χ3n) is 4.71. The van der Waals surface area contributed by atoms with E-state index in [1.54, 1.807) is 25.4 Å². The molecule has 4 aromatic rings. The van der Waals surface area contributed by atoms with Gasteiger partial charge in [0.05, 0.1) is 30.7 Å². The van der Waals surface area contributed by atoms with Gasteiger partial charge >= 0.3 is 0 Å². The molecule has 0 aliphatic heterocycles. The highest BCUT2D eigenvalue weighted by Gasteiger charge is 2.16. The topological polar surface area (TPSA) is 112 Å². The Kier molecular flexibility index (Phi) is 4.98. The maximum Gasteiger partial charge on any atom is 0.271 e. The molecule has 29 heavy (non-hydrogen) atoms. The first-order valence-electron chi connectivity index (χ1n) is 9.06. The molecule has 1 amide bonds. The lowest BCUT2D eigenvalue weighted by atomic mass is 10.2. The number of ether oxygens (including phenoxy) is 1. The number of halogens is 1. The van der Waals surface area contributed by atoms with Crippen LogP contribution in [0.4, 0.5) is 5.69 Å². The largest absolute Gasteiger partial charge is 0.495 e. The summed E-state index contributed by atoms with van der Waals surface area (Å²) in [6, 6.07) is 6.95. The van der Waals surface area contributed by atoms with Crippen molar-refractivity contribution in [1.29, 1.82) is 0 Å². The molecule has 10 heteroatoms. The van der Waals surface area contributed by atoms with E-state index < -0.39 is 0 Å². The Balaban J connectivity index is 1.44. The molecule has 0 saturated heterocycles. The molecule has 3 N–H and O–H groups in total. The maximum atomic E-state index is 12.6. The van der Waals surface area contributed by atoms with Crippen LogP contribution in [-0.4, -0.2) is 43.4 Å². The number of carbonyl (C=O) groups is 1. The van der Waals surface area contributed by atoms with Crippen LogP contribution in [0.15, 0.2) is 36.7 Å². The van der Waals surface area contributed by atoms with Crippen LogP contribution in [0.25, 0.3) is 16.6 Å². The van der Waals surface area contributed by atoms with E-state index >= 15 is 0 Å². The van der Waals surface area contributed by atoms with Crippen LogP contribution in [0, 0.1) is 0 Å². The number of hydrogen-bond donors (Lipinski definition) is 2. The number of amides is 1. The maximum absolute atomic E-state index is 12.6. The minimum atomic E-state index is -0.265. The molecule has 0 fully saturated rings. The molecule has 0 aliphatic rings. The van der Waals surface area contributed by atoms with Gasteiger partial charge < -0.3 is 15.8 Å². The van der Waals surface area contributed by atoms with Gasteiger partial charge in [0.1, 0.15) is 10.9 Å². The first kappa shape index (κ1) is 19.0. The van der Waals surface area contributed by atoms with E-state index in [1.165, 1.54) is 10.7 Å². The fraction of sp³-hybridized carbons (Fsp3) is 0.263. The van der Waals surface area contributed by atoms with Crippen molar-refractivity contribution >= 4 is 39.7 Å². The van der Waals surface area contributed by atoms with Crippen molar-refractivity contribution in [1.82, 2.24) is 29.7 Å². The van der Waals surface area contributed by atoms with Gasteiger partial charge in [-0.3, -0.25) is 9.48 Å². The molecule has 3 heterocycles. The lowest BCUT2D eigenvalue weighted by molar-refractivity contribution is 0.0930. The number of aromatic nitrogens is 5. The summed E-state index contributed by atoms with van der Waals surface area (Å²) >= 11 is 5.92. The Hall–Kier alpha value is -3.33. The summed E-state index contributed by atoms with van der Waals surface area (Å²) in [4.78, 5) is 16.8. The number of carbonyl (C=O) groups excluding carboxylic acids is 1. The molecule has 1 aromatic carbocycles. The Morgan fingerprint density at radius 3 is 2.97 bits per heavy atom. The van der Waals surface area contributed by atoms with Crippen molar-refractivity contribution < 1.29 is 9.53 Å². The number of nitrogens with two attached hydrogens (primary N) is 1. The van der Waals surface area contributed by atoms with Crippen LogP contribution in [-0.2, 0) is 6.54 Å². The van der Waals surface area contributed by atoms with Gasteiger partial charge in [-0.25, -0.2) is 9.50 Å². The SMILES string of the molecule is COc1cc2cnn(CCC(C)NC(=O)c3cnc4ccc(Cl)nn34)c2cc1N. The summed E-state index contributed by atoms with van der Waals surface area (Å²) < 4.78 is 8.54. The van der Waals surface area contributed by atoms with Crippen LogP contribution >= 0.6 is 11.6 Å². The molecule has 9 nitrogen and oxygen atoms in total. The number of benzene rings is 1. The van der Waals surface area contributed by atoms with E-state index in [-0.39, 0.29) is 11.9 Å². The molecule has 1 atom stereocenters. The Bertz CT molecular complexity index is 1200. The molecule has 0 bridgehead atoms. The predicted molar refractivity (Wildman–Crippen MR) is 110 cm³/mol. The van der Waals surface area contributed by atoms with E-state index in [2.05, 4.69) is 20.5 Å². The summed E-state index contributed by atoms with van der Waals surface area (Å²) in [5.41, 5.74) is 8.38. The quantitative estimate of drug-likeness (QED) is 0.470. The van der Waals surface area contributed by atoms with Gasteiger partial charge in [-0.15, -0.1) is 0 Å². The molecule has 0 saturated carbocycles. The van der Waals surface area contributed by atoms with Crippen molar-refractivity contribution in [3.8, 4) is 5.75 Å². The van der Waals surface area contributed by atoms with Crippen molar-refractivity contribution in [3.63, 3.8) is 0 Å². The molecule has 0 spiro atoms. The molecule has 1 unspecified atom stereocenters. The smallest absolute Gasteiger partial charge is 0.271 e. The summed E-state index contributed by atoms with van der Waals surface area (Å²) in [6.45, 7) is 2.55. The number of hydrogen-bond acceptors (Lipinski definition) is 6. The molecule has 0 radical (unpaired) electrons.